The molecular formula is C9H15NO2. The summed E-state index contributed by atoms with van der Waals surface area (Å²) in [5.74, 6) is 0.449. The molecule has 68 valence electrons. The van der Waals surface area contributed by atoms with Gasteiger partial charge in [0.1, 0.15) is 0 Å². The zero-order chi connectivity index (χ0) is 8.55. The molecule has 0 aliphatic carbocycles. The van der Waals surface area contributed by atoms with Crippen molar-refractivity contribution in [3.63, 3.8) is 0 Å². The van der Waals surface area contributed by atoms with Crippen molar-refractivity contribution < 1.29 is 9.53 Å². The summed E-state index contributed by atoms with van der Waals surface area (Å²) in [4.78, 5) is 13.2. The monoisotopic (exact) mass is 169 g/mol. The summed E-state index contributed by atoms with van der Waals surface area (Å²) in [6.45, 7) is 1.82. The van der Waals surface area contributed by atoms with Crippen LogP contribution in [0.1, 0.15) is 19.3 Å². The van der Waals surface area contributed by atoms with Crippen LogP contribution in [0.15, 0.2) is 0 Å². The number of cyclic esters (lactones) is 1. The van der Waals surface area contributed by atoms with Gasteiger partial charge in [-0.25, -0.2) is 0 Å². The second-order valence-electron chi connectivity index (χ2n) is 3.84. The van der Waals surface area contributed by atoms with Gasteiger partial charge in [0.2, 0.25) is 0 Å². The van der Waals surface area contributed by atoms with Gasteiger partial charge in [0, 0.05) is 12.0 Å². The van der Waals surface area contributed by atoms with Crippen LogP contribution >= 0.6 is 0 Å². The van der Waals surface area contributed by atoms with Crippen LogP contribution in [0.4, 0.5) is 0 Å². The van der Waals surface area contributed by atoms with Gasteiger partial charge in [0.25, 0.3) is 0 Å². The average Bonchev–Trinajstić information content (AvgIpc) is 2.58. The number of carbonyl (C=O) groups is 1. The van der Waals surface area contributed by atoms with E-state index in [1.54, 1.807) is 0 Å². The normalized spacial score (nSPS) is 37.2. The van der Waals surface area contributed by atoms with Gasteiger partial charge < -0.3 is 9.64 Å². The number of likely N-dealkylation sites (tertiary alicyclic amines) is 1. The van der Waals surface area contributed by atoms with Gasteiger partial charge in [-0.2, -0.15) is 0 Å². The Hall–Kier alpha value is -0.570. The minimum absolute atomic E-state index is 0.0136. The largest absolute Gasteiger partial charge is 0.465 e. The number of carbonyl (C=O) groups excluding carboxylic acids is 1. The molecule has 0 radical (unpaired) electrons. The molecule has 12 heavy (non-hydrogen) atoms. The van der Waals surface area contributed by atoms with Crippen LogP contribution in [0.3, 0.4) is 0 Å². The molecule has 2 fully saturated rings. The lowest BCUT2D eigenvalue weighted by Crippen LogP contribution is -2.32. The van der Waals surface area contributed by atoms with Crippen molar-refractivity contribution in [1.82, 2.24) is 4.90 Å². The summed E-state index contributed by atoms with van der Waals surface area (Å²) >= 11 is 0. The predicted octanol–water partition coefficient (Wildman–Crippen LogP) is 0.644. The molecule has 0 spiro atoms. The lowest BCUT2D eigenvalue weighted by atomic mass is 9.97. The summed E-state index contributed by atoms with van der Waals surface area (Å²) < 4.78 is 4.96. The SMILES string of the molecule is CN1CCC[C@@H]1[C@@H]1COC(=O)C1. The first kappa shape index (κ1) is 8.05. The quantitative estimate of drug-likeness (QED) is 0.540. The van der Waals surface area contributed by atoms with Crippen LogP contribution in [0.2, 0.25) is 0 Å². The molecule has 2 rings (SSSR count). The van der Waals surface area contributed by atoms with E-state index in [0.717, 1.165) is 0 Å². The summed E-state index contributed by atoms with van der Waals surface area (Å²) in [5, 5.41) is 0. The van der Waals surface area contributed by atoms with Crippen molar-refractivity contribution >= 4 is 5.97 Å². The van der Waals surface area contributed by atoms with Crippen LogP contribution in [0.5, 0.6) is 0 Å². The van der Waals surface area contributed by atoms with Crippen molar-refractivity contribution in [2.24, 2.45) is 5.92 Å². The smallest absolute Gasteiger partial charge is 0.306 e. The Kier molecular flexibility index (Phi) is 2.05. The van der Waals surface area contributed by atoms with Crippen LogP contribution < -0.4 is 0 Å². The Morgan fingerprint density at radius 2 is 2.42 bits per heavy atom. The maximum absolute atomic E-state index is 10.9. The lowest BCUT2D eigenvalue weighted by molar-refractivity contribution is -0.137. The first-order chi connectivity index (χ1) is 5.77. The van der Waals surface area contributed by atoms with E-state index in [9.17, 15) is 4.79 Å². The number of ether oxygens (including phenoxy) is 1. The molecule has 0 N–H and O–H groups in total. The minimum Gasteiger partial charge on any atom is -0.465 e. The average molecular weight is 169 g/mol. The standard InChI is InChI=1S/C9H15NO2/c1-10-4-2-3-8(10)7-5-9(11)12-6-7/h7-8H,2-6H2,1H3/t7-,8+/m0/s1. The molecule has 0 aromatic rings. The van der Waals surface area contributed by atoms with Gasteiger partial charge in [-0.3, -0.25) is 4.79 Å². The van der Waals surface area contributed by atoms with Gasteiger partial charge in [-0.1, -0.05) is 0 Å². The highest BCUT2D eigenvalue weighted by molar-refractivity contribution is 5.71. The van der Waals surface area contributed by atoms with Crippen molar-refractivity contribution in [2.75, 3.05) is 20.2 Å². The molecule has 2 saturated heterocycles. The third-order valence-electron chi connectivity index (χ3n) is 3.01. The second kappa shape index (κ2) is 3.05. The fraction of sp³-hybridized carbons (Fsp3) is 0.889. The maximum atomic E-state index is 10.9. The minimum atomic E-state index is -0.0136. The molecule has 2 aliphatic rings. The zero-order valence-corrected chi connectivity index (χ0v) is 7.45. The van der Waals surface area contributed by atoms with Crippen molar-refractivity contribution in [1.29, 1.82) is 0 Å². The summed E-state index contributed by atoms with van der Waals surface area (Å²) in [7, 11) is 2.14. The van der Waals surface area contributed by atoms with Crippen LogP contribution in [0, 0.1) is 5.92 Å². The Morgan fingerprint density at radius 3 is 2.92 bits per heavy atom. The molecule has 0 unspecified atom stereocenters. The number of esters is 1. The highest BCUT2D eigenvalue weighted by Gasteiger charge is 2.35. The van der Waals surface area contributed by atoms with Crippen LogP contribution in [-0.2, 0) is 9.53 Å². The maximum Gasteiger partial charge on any atom is 0.306 e. The first-order valence-corrected chi connectivity index (χ1v) is 4.63. The third kappa shape index (κ3) is 1.33. The van der Waals surface area contributed by atoms with E-state index in [4.69, 9.17) is 4.74 Å². The Labute approximate surface area is 72.7 Å². The van der Waals surface area contributed by atoms with E-state index >= 15 is 0 Å². The molecule has 0 amide bonds. The van der Waals surface area contributed by atoms with Crippen molar-refractivity contribution in [3.8, 4) is 0 Å². The fourth-order valence-electron chi connectivity index (χ4n) is 2.31. The molecule has 0 aromatic carbocycles. The lowest BCUT2D eigenvalue weighted by Gasteiger charge is -2.23. The Bertz CT molecular complexity index is 193. The van der Waals surface area contributed by atoms with Gasteiger partial charge in [0.05, 0.1) is 13.0 Å². The van der Waals surface area contributed by atoms with E-state index in [2.05, 4.69) is 11.9 Å². The van der Waals surface area contributed by atoms with E-state index in [0.29, 0.717) is 25.0 Å². The second-order valence-corrected chi connectivity index (χ2v) is 3.84. The van der Waals surface area contributed by atoms with Gasteiger partial charge >= 0.3 is 5.97 Å². The molecule has 2 atom stereocenters. The molecule has 0 saturated carbocycles. The number of rotatable bonds is 1. The van der Waals surface area contributed by atoms with Crippen molar-refractivity contribution in [2.45, 2.75) is 25.3 Å². The molecule has 0 bridgehead atoms. The summed E-state index contributed by atoms with van der Waals surface area (Å²) in [5.41, 5.74) is 0. The number of hydrogen-bond donors (Lipinski definition) is 0. The molecule has 3 nitrogen and oxygen atoms in total. The molecule has 3 heteroatoms. The highest BCUT2D eigenvalue weighted by Crippen LogP contribution is 2.28. The Morgan fingerprint density at radius 1 is 1.58 bits per heavy atom. The first-order valence-electron chi connectivity index (χ1n) is 4.63. The van der Waals surface area contributed by atoms with Crippen LogP contribution in [0.25, 0.3) is 0 Å². The van der Waals surface area contributed by atoms with E-state index in [-0.39, 0.29) is 5.97 Å². The third-order valence-corrected chi connectivity index (χ3v) is 3.01. The molecule has 0 aromatic heterocycles. The molecule has 2 heterocycles. The van der Waals surface area contributed by atoms with Gasteiger partial charge in [0.15, 0.2) is 0 Å². The van der Waals surface area contributed by atoms with Crippen LogP contribution in [-0.4, -0.2) is 37.1 Å². The summed E-state index contributed by atoms with van der Waals surface area (Å²) in [6, 6.07) is 0.594. The zero-order valence-electron chi connectivity index (χ0n) is 7.45. The topological polar surface area (TPSA) is 29.5 Å². The van der Waals surface area contributed by atoms with Crippen molar-refractivity contribution in [3.05, 3.63) is 0 Å². The number of hydrogen-bond acceptors (Lipinski definition) is 3. The Balaban J connectivity index is 1.95. The summed E-state index contributed by atoms with van der Waals surface area (Å²) in [6.07, 6.45) is 3.14. The van der Waals surface area contributed by atoms with E-state index in [1.807, 2.05) is 0 Å². The van der Waals surface area contributed by atoms with Gasteiger partial charge in [-0.15, -0.1) is 0 Å². The van der Waals surface area contributed by atoms with Gasteiger partial charge in [-0.05, 0) is 26.4 Å². The molecule has 2 aliphatic heterocycles. The fourth-order valence-corrected chi connectivity index (χ4v) is 2.31. The molecular weight excluding hydrogens is 154 g/mol. The predicted molar refractivity (Wildman–Crippen MR) is 44.7 cm³/mol. The van der Waals surface area contributed by atoms with E-state index in [1.165, 1.54) is 19.4 Å². The number of nitrogens with zero attached hydrogens (tertiary/aromatic N) is 1. The highest BCUT2D eigenvalue weighted by atomic mass is 16.5. The van der Waals surface area contributed by atoms with E-state index < -0.39 is 0 Å².